The third kappa shape index (κ3) is 3.11. The van der Waals surface area contributed by atoms with Gasteiger partial charge in [0, 0.05) is 4.47 Å². The highest BCUT2D eigenvalue weighted by Gasteiger charge is 2.20. The second kappa shape index (κ2) is 5.93. The Balaban J connectivity index is 2.50. The lowest BCUT2D eigenvalue weighted by molar-refractivity contribution is 0.601. The molecule has 3 nitrogen and oxygen atoms in total. The van der Waals surface area contributed by atoms with E-state index in [1.165, 1.54) is 6.07 Å². The summed E-state index contributed by atoms with van der Waals surface area (Å²) in [5.74, 6) is 0. The molecule has 0 aromatic heterocycles. The first kappa shape index (κ1) is 15.6. The largest absolute Gasteiger partial charge is 0.277 e. The van der Waals surface area contributed by atoms with E-state index in [0.29, 0.717) is 4.47 Å². The van der Waals surface area contributed by atoms with E-state index in [-0.39, 0.29) is 20.6 Å². The summed E-state index contributed by atoms with van der Waals surface area (Å²) < 4.78 is 27.7. The average molecular weight is 395 g/mol. The zero-order valence-corrected chi connectivity index (χ0v) is 14.2. The van der Waals surface area contributed by atoms with E-state index >= 15 is 0 Å². The van der Waals surface area contributed by atoms with Gasteiger partial charge in [-0.15, -0.1) is 0 Å². The second-order valence-corrected chi connectivity index (χ2v) is 7.38. The maximum atomic E-state index is 12.4. The van der Waals surface area contributed by atoms with Crippen LogP contribution in [0.25, 0.3) is 0 Å². The molecule has 0 saturated heterocycles. The highest BCUT2D eigenvalue weighted by atomic mass is 79.9. The fraction of sp³-hybridized carbons (Fsp3) is 0.0769. The maximum absolute atomic E-state index is 12.4. The maximum Gasteiger partial charge on any atom is 0.263 e. The number of rotatable bonds is 3. The van der Waals surface area contributed by atoms with E-state index in [4.69, 9.17) is 23.2 Å². The molecule has 20 heavy (non-hydrogen) atoms. The van der Waals surface area contributed by atoms with Gasteiger partial charge < -0.3 is 0 Å². The van der Waals surface area contributed by atoms with Crippen LogP contribution in [0.15, 0.2) is 45.8 Å². The van der Waals surface area contributed by atoms with Crippen LogP contribution in [-0.4, -0.2) is 8.42 Å². The van der Waals surface area contributed by atoms with Crippen LogP contribution < -0.4 is 4.72 Å². The molecule has 7 heteroatoms. The van der Waals surface area contributed by atoms with Crippen LogP contribution in [0.2, 0.25) is 10.0 Å². The lowest BCUT2D eigenvalue weighted by Gasteiger charge is -2.13. The van der Waals surface area contributed by atoms with Crippen molar-refractivity contribution < 1.29 is 8.42 Å². The molecule has 0 heterocycles. The summed E-state index contributed by atoms with van der Waals surface area (Å²) in [5, 5.41) is 0.532. The average Bonchev–Trinajstić information content (AvgIpc) is 2.39. The van der Waals surface area contributed by atoms with Gasteiger partial charge in [0.15, 0.2) is 0 Å². The fourth-order valence-corrected chi connectivity index (χ4v) is 4.28. The van der Waals surface area contributed by atoms with E-state index in [2.05, 4.69) is 20.7 Å². The van der Waals surface area contributed by atoms with Gasteiger partial charge in [0.25, 0.3) is 10.0 Å². The number of hydrogen-bond donors (Lipinski definition) is 1. The number of nitrogens with one attached hydrogen (secondary N) is 1. The van der Waals surface area contributed by atoms with Crippen molar-refractivity contribution in [3.05, 3.63) is 56.5 Å². The first-order valence-corrected chi connectivity index (χ1v) is 8.58. The van der Waals surface area contributed by atoms with Gasteiger partial charge in [-0.1, -0.05) is 41.4 Å². The van der Waals surface area contributed by atoms with Crippen LogP contribution in [0.1, 0.15) is 5.56 Å². The monoisotopic (exact) mass is 393 g/mol. The van der Waals surface area contributed by atoms with E-state index in [1.807, 2.05) is 0 Å². The Morgan fingerprint density at radius 1 is 1.10 bits per heavy atom. The smallest absolute Gasteiger partial charge is 0.263 e. The second-order valence-electron chi connectivity index (χ2n) is 4.09. The molecule has 0 atom stereocenters. The van der Waals surface area contributed by atoms with Crippen molar-refractivity contribution in [2.24, 2.45) is 0 Å². The summed E-state index contributed by atoms with van der Waals surface area (Å²) in [7, 11) is -3.77. The highest BCUT2D eigenvalue weighted by molar-refractivity contribution is 9.10. The normalized spacial score (nSPS) is 11.4. The Morgan fingerprint density at radius 2 is 1.75 bits per heavy atom. The lowest BCUT2D eigenvalue weighted by atomic mass is 10.2. The molecule has 2 rings (SSSR count). The van der Waals surface area contributed by atoms with Gasteiger partial charge in [0.05, 0.1) is 15.7 Å². The minimum absolute atomic E-state index is 0.119. The molecule has 0 amide bonds. The van der Waals surface area contributed by atoms with Crippen LogP contribution >= 0.6 is 39.1 Å². The quantitative estimate of drug-likeness (QED) is 0.807. The Hall–Kier alpha value is -0.750. The third-order valence-electron chi connectivity index (χ3n) is 2.65. The van der Waals surface area contributed by atoms with Gasteiger partial charge in [0.1, 0.15) is 4.90 Å². The van der Waals surface area contributed by atoms with Crippen LogP contribution in [0.4, 0.5) is 5.69 Å². The standard InChI is InChI=1S/C13H10BrCl2NO2S/c1-8-6-7-10(15)13(12(8)16)17-20(18,19)11-5-3-2-4-9(11)14/h2-7,17H,1H3. The minimum atomic E-state index is -3.77. The molecule has 0 radical (unpaired) electrons. The molecule has 2 aromatic carbocycles. The van der Waals surface area contributed by atoms with Crippen molar-refractivity contribution in [2.45, 2.75) is 11.8 Å². The van der Waals surface area contributed by atoms with Crippen molar-refractivity contribution >= 4 is 54.8 Å². The molecule has 0 unspecified atom stereocenters. The van der Waals surface area contributed by atoms with Crippen molar-refractivity contribution in [1.82, 2.24) is 0 Å². The SMILES string of the molecule is Cc1ccc(Cl)c(NS(=O)(=O)c2ccccc2Br)c1Cl. The molecule has 0 aliphatic rings. The van der Waals surface area contributed by atoms with Crippen LogP contribution in [0.5, 0.6) is 0 Å². The summed E-state index contributed by atoms with van der Waals surface area (Å²) in [6.45, 7) is 1.77. The van der Waals surface area contributed by atoms with E-state index in [0.717, 1.165) is 5.56 Å². The van der Waals surface area contributed by atoms with Crippen molar-refractivity contribution in [1.29, 1.82) is 0 Å². The number of sulfonamides is 1. The summed E-state index contributed by atoms with van der Waals surface area (Å²) in [6.07, 6.45) is 0. The molecular formula is C13H10BrCl2NO2S. The van der Waals surface area contributed by atoms with Crippen LogP contribution in [-0.2, 0) is 10.0 Å². The van der Waals surface area contributed by atoms with Gasteiger partial charge in [-0.25, -0.2) is 8.42 Å². The van der Waals surface area contributed by atoms with E-state index in [9.17, 15) is 8.42 Å². The topological polar surface area (TPSA) is 46.2 Å². The fourth-order valence-electron chi connectivity index (χ4n) is 1.60. The minimum Gasteiger partial charge on any atom is -0.277 e. The predicted molar refractivity (Wildman–Crippen MR) is 86.1 cm³/mol. The lowest BCUT2D eigenvalue weighted by Crippen LogP contribution is -2.14. The molecule has 0 spiro atoms. The number of halogens is 3. The Bertz CT molecular complexity index is 763. The van der Waals surface area contributed by atoms with E-state index < -0.39 is 10.0 Å². The molecule has 0 bridgehead atoms. The number of aryl methyl sites for hydroxylation is 1. The molecule has 106 valence electrons. The summed E-state index contributed by atoms with van der Waals surface area (Å²) >= 11 is 15.3. The van der Waals surface area contributed by atoms with Crippen LogP contribution in [0.3, 0.4) is 0 Å². The zero-order chi connectivity index (χ0) is 14.9. The zero-order valence-electron chi connectivity index (χ0n) is 10.3. The third-order valence-corrected chi connectivity index (χ3v) is 5.81. The predicted octanol–water partition coefficient (Wildman–Crippen LogP) is 4.87. The van der Waals surface area contributed by atoms with Gasteiger partial charge in [-0.3, -0.25) is 4.72 Å². The molecule has 0 aliphatic carbocycles. The highest BCUT2D eigenvalue weighted by Crippen LogP contribution is 2.35. The number of benzene rings is 2. The summed E-state index contributed by atoms with van der Waals surface area (Å²) in [5.41, 5.74) is 0.921. The molecule has 2 aromatic rings. The van der Waals surface area contributed by atoms with Gasteiger partial charge in [0.2, 0.25) is 0 Å². The Kier molecular flexibility index (Phi) is 4.64. The molecule has 0 fully saturated rings. The molecule has 0 saturated carbocycles. The summed E-state index contributed by atoms with van der Waals surface area (Å²) in [4.78, 5) is 0.119. The van der Waals surface area contributed by atoms with Gasteiger partial charge in [-0.05, 0) is 46.6 Å². The summed E-state index contributed by atoms with van der Waals surface area (Å²) in [6, 6.07) is 9.83. The van der Waals surface area contributed by atoms with Crippen molar-refractivity contribution in [3.63, 3.8) is 0 Å². The van der Waals surface area contributed by atoms with E-state index in [1.54, 1.807) is 37.3 Å². The first-order valence-electron chi connectivity index (χ1n) is 5.55. The Morgan fingerprint density at radius 3 is 2.40 bits per heavy atom. The van der Waals surface area contributed by atoms with Crippen LogP contribution in [0, 0.1) is 6.92 Å². The van der Waals surface area contributed by atoms with Crippen molar-refractivity contribution in [3.8, 4) is 0 Å². The molecular weight excluding hydrogens is 385 g/mol. The molecule has 0 aliphatic heterocycles. The van der Waals surface area contributed by atoms with Gasteiger partial charge in [-0.2, -0.15) is 0 Å². The van der Waals surface area contributed by atoms with Crippen molar-refractivity contribution in [2.75, 3.05) is 4.72 Å². The number of anilines is 1. The Labute approximate surface area is 136 Å². The number of hydrogen-bond acceptors (Lipinski definition) is 2. The van der Waals surface area contributed by atoms with Gasteiger partial charge >= 0.3 is 0 Å². The molecule has 1 N–H and O–H groups in total. The first-order chi connectivity index (χ1) is 9.33.